The van der Waals surface area contributed by atoms with Crippen molar-refractivity contribution >= 4 is 5.97 Å². The van der Waals surface area contributed by atoms with Crippen molar-refractivity contribution in [1.29, 1.82) is 0 Å². The standard InChI is InChI=1S/C10H17NO2/c12-9(13)10(7-8-1-2-8)3-5-11-6-4-10/h8,11H,1-7H2,(H,12,13). The van der Waals surface area contributed by atoms with Gasteiger partial charge in [-0.1, -0.05) is 12.8 Å². The van der Waals surface area contributed by atoms with Gasteiger partial charge in [0.25, 0.3) is 0 Å². The maximum Gasteiger partial charge on any atom is 0.309 e. The van der Waals surface area contributed by atoms with Gasteiger partial charge in [0.1, 0.15) is 0 Å². The van der Waals surface area contributed by atoms with E-state index in [0.717, 1.165) is 32.4 Å². The van der Waals surface area contributed by atoms with Crippen molar-refractivity contribution in [1.82, 2.24) is 5.32 Å². The minimum atomic E-state index is -0.569. The highest BCUT2D eigenvalue weighted by atomic mass is 16.4. The highest BCUT2D eigenvalue weighted by molar-refractivity contribution is 5.74. The number of piperidine rings is 1. The molecule has 74 valence electrons. The lowest BCUT2D eigenvalue weighted by molar-refractivity contribution is -0.151. The normalized spacial score (nSPS) is 27.1. The Bertz CT molecular complexity index is 205. The number of carboxylic acids is 1. The van der Waals surface area contributed by atoms with Crippen LogP contribution < -0.4 is 5.32 Å². The molecule has 13 heavy (non-hydrogen) atoms. The zero-order valence-electron chi connectivity index (χ0n) is 7.88. The number of aliphatic carboxylic acids is 1. The Labute approximate surface area is 78.5 Å². The van der Waals surface area contributed by atoms with Crippen LogP contribution in [0, 0.1) is 11.3 Å². The van der Waals surface area contributed by atoms with E-state index in [4.69, 9.17) is 0 Å². The van der Waals surface area contributed by atoms with Crippen LogP contribution in [-0.4, -0.2) is 24.2 Å². The summed E-state index contributed by atoms with van der Waals surface area (Å²) in [5.41, 5.74) is -0.383. The third-order valence-electron chi connectivity index (χ3n) is 3.39. The lowest BCUT2D eigenvalue weighted by Crippen LogP contribution is -2.42. The molecule has 2 aliphatic rings. The first-order valence-corrected chi connectivity index (χ1v) is 5.17. The van der Waals surface area contributed by atoms with E-state index in [1.807, 2.05) is 0 Å². The molecule has 3 heteroatoms. The van der Waals surface area contributed by atoms with E-state index in [2.05, 4.69) is 5.32 Å². The molecule has 0 unspecified atom stereocenters. The van der Waals surface area contributed by atoms with E-state index < -0.39 is 5.97 Å². The zero-order chi connectivity index (χ0) is 9.31. The van der Waals surface area contributed by atoms with Gasteiger partial charge in [0.2, 0.25) is 0 Å². The lowest BCUT2D eigenvalue weighted by Gasteiger charge is -2.33. The Hall–Kier alpha value is -0.570. The summed E-state index contributed by atoms with van der Waals surface area (Å²) in [6, 6.07) is 0. The van der Waals surface area contributed by atoms with Gasteiger partial charge in [-0.3, -0.25) is 4.79 Å². The molecule has 1 aliphatic heterocycles. The topological polar surface area (TPSA) is 49.3 Å². The summed E-state index contributed by atoms with van der Waals surface area (Å²) in [7, 11) is 0. The molecule has 0 amide bonds. The van der Waals surface area contributed by atoms with Gasteiger partial charge < -0.3 is 10.4 Å². The van der Waals surface area contributed by atoms with Gasteiger partial charge >= 0.3 is 5.97 Å². The Kier molecular flexibility index (Phi) is 2.28. The van der Waals surface area contributed by atoms with Crippen LogP contribution in [0.4, 0.5) is 0 Å². The number of hydrogen-bond acceptors (Lipinski definition) is 2. The molecule has 1 saturated heterocycles. The predicted molar refractivity (Wildman–Crippen MR) is 49.5 cm³/mol. The largest absolute Gasteiger partial charge is 0.481 e. The molecular formula is C10H17NO2. The molecule has 2 fully saturated rings. The molecule has 0 spiro atoms. The molecule has 0 aromatic carbocycles. The highest BCUT2D eigenvalue weighted by Crippen LogP contribution is 2.44. The fraction of sp³-hybridized carbons (Fsp3) is 0.900. The van der Waals surface area contributed by atoms with Crippen molar-refractivity contribution in [2.75, 3.05) is 13.1 Å². The van der Waals surface area contributed by atoms with E-state index in [1.54, 1.807) is 0 Å². The van der Waals surface area contributed by atoms with Crippen LogP contribution in [0.25, 0.3) is 0 Å². The quantitative estimate of drug-likeness (QED) is 0.692. The molecule has 1 saturated carbocycles. The second-order valence-electron chi connectivity index (χ2n) is 4.48. The fourth-order valence-corrected chi connectivity index (χ4v) is 2.29. The van der Waals surface area contributed by atoms with Crippen molar-refractivity contribution in [2.45, 2.75) is 32.1 Å². The summed E-state index contributed by atoms with van der Waals surface area (Å²) in [6.45, 7) is 1.75. The van der Waals surface area contributed by atoms with E-state index in [1.165, 1.54) is 12.8 Å². The van der Waals surface area contributed by atoms with Gasteiger partial charge in [-0.15, -0.1) is 0 Å². The predicted octanol–water partition coefficient (Wildman–Crippen LogP) is 1.24. The Balaban J connectivity index is 2.02. The third kappa shape index (κ3) is 1.85. The van der Waals surface area contributed by atoms with Crippen LogP contribution in [-0.2, 0) is 4.79 Å². The second kappa shape index (κ2) is 3.29. The maximum absolute atomic E-state index is 11.2. The summed E-state index contributed by atoms with van der Waals surface area (Å²) >= 11 is 0. The number of carbonyl (C=O) groups is 1. The van der Waals surface area contributed by atoms with E-state index in [9.17, 15) is 9.90 Å². The SMILES string of the molecule is O=C(O)C1(CC2CC2)CCNCC1. The minimum Gasteiger partial charge on any atom is -0.481 e. The van der Waals surface area contributed by atoms with Crippen LogP contribution in [0.5, 0.6) is 0 Å². The van der Waals surface area contributed by atoms with Crippen LogP contribution in [0.3, 0.4) is 0 Å². The smallest absolute Gasteiger partial charge is 0.309 e. The Morgan fingerprint density at radius 2 is 2.00 bits per heavy atom. The molecule has 0 bridgehead atoms. The number of hydrogen-bond donors (Lipinski definition) is 2. The summed E-state index contributed by atoms with van der Waals surface area (Å²) in [4.78, 5) is 11.2. The van der Waals surface area contributed by atoms with Crippen molar-refractivity contribution in [3.8, 4) is 0 Å². The van der Waals surface area contributed by atoms with E-state index in [-0.39, 0.29) is 5.41 Å². The van der Waals surface area contributed by atoms with Crippen molar-refractivity contribution in [3.63, 3.8) is 0 Å². The Morgan fingerprint density at radius 1 is 1.38 bits per heavy atom. The monoisotopic (exact) mass is 183 g/mol. The molecule has 2 N–H and O–H groups in total. The molecule has 0 atom stereocenters. The Morgan fingerprint density at radius 3 is 2.46 bits per heavy atom. The summed E-state index contributed by atoms with van der Waals surface area (Å²) < 4.78 is 0. The molecular weight excluding hydrogens is 166 g/mol. The molecule has 2 rings (SSSR count). The van der Waals surface area contributed by atoms with Crippen LogP contribution in [0.2, 0.25) is 0 Å². The molecule has 0 radical (unpaired) electrons. The first-order chi connectivity index (χ1) is 6.23. The highest BCUT2D eigenvalue weighted by Gasteiger charge is 2.43. The first kappa shape index (κ1) is 9.00. The van der Waals surface area contributed by atoms with Gasteiger partial charge in [-0.05, 0) is 38.3 Å². The lowest BCUT2D eigenvalue weighted by atomic mass is 9.75. The first-order valence-electron chi connectivity index (χ1n) is 5.17. The molecule has 0 aromatic heterocycles. The molecule has 3 nitrogen and oxygen atoms in total. The van der Waals surface area contributed by atoms with Crippen LogP contribution in [0.15, 0.2) is 0 Å². The average molecular weight is 183 g/mol. The fourth-order valence-electron chi connectivity index (χ4n) is 2.29. The number of carboxylic acid groups (broad SMARTS) is 1. The summed E-state index contributed by atoms with van der Waals surface area (Å²) in [5, 5.41) is 12.5. The van der Waals surface area contributed by atoms with Crippen molar-refractivity contribution in [2.24, 2.45) is 11.3 Å². The van der Waals surface area contributed by atoms with Crippen molar-refractivity contribution in [3.05, 3.63) is 0 Å². The van der Waals surface area contributed by atoms with Gasteiger partial charge in [0.15, 0.2) is 0 Å². The van der Waals surface area contributed by atoms with Crippen LogP contribution in [0.1, 0.15) is 32.1 Å². The third-order valence-corrected chi connectivity index (χ3v) is 3.39. The van der Waals surface area contributed by atoms with Gasteiger partial charge in [-0.25, -0.2) is 0 Å². The zero-order valence-corrected chi connectivity index (χ0v) is 7.88. The van der Waals surface area contributed by atoms with Gasteiger partial charge in [0, 0.05) is 0 Å². The average Bonchev–Trinajstić information content (AvgIpc) is 2.90. The second-order valence-corrected chi connectivity index (χ2v) is 4.48. The summed E-state index contributed by atoms with van der Waals surface area (Å²) in [6.07, 6.45) is 5.06. The minimum absolute atomic E-state index is 0.383. The molecule has 0 aromatic rings. The molecule has 1 heterocycles. The van der Waals surface area contributed by atoms with E-state index >= 15 is 0 Å². The number of rotatable bonds is 3. The molecule has 1 aliphatic carbocycles. The maximum atomic E-state index is 11.2. The van der Waals surface area contributed by atoms with Gasteiger partial charge in [-0.2, -0.15) is 0 Å². The number of nitrogens with one attached hydrogen (secondary N) is 1. The van der Waals surface area contributed by atoms with Gasteiger partial charge in [0.05, 0.1) is 5.41 Å². The van der Waals surface area contributed by atoms with Crippen molar-refractivity contribution < 1.29 is 9.90 Å². The van der Waals surface area contributed by atoms with E-state index in [0.29, 0.717) is 5.92 Å². The van der Waals surface area contributed by atoms with Crippen LogP contribution >= 0.6 is 0 Å². The summed E-state index contributed by atoms with van der Waals surface area (Å²) in [5.74, 6) is 0.148.